The lowest BCUT2D eigenvalue weighted by atomic mass is 9.78. The molecule has 22 heavy (non-hydrogen) atoms. The maximum Gasteiger partial charge on any atom is 0.148 e. The van der Waals surface area contributed by atoms with Gasteiger partial charge in [0, 0.05) is 22.4 Å². The van der Waals surface area contributed by atoms with Crippen LogP contribution in [0, 0.1) is 5.92 Å². The normalized spacial score (nSPS) is 19.5. The van der Waals surface area contributed by atoms with E-state index in [1.807, 2.05) is 0 Å². The van der Waals surface area contributed by atoms with Crippen LogP contribution in [0.3, 0.4) is 0 Å². The van der Waals surface area contributed by atoms with E-state index in [1.165, 1.54) is 16.3 Å². The number of hydrogen-bond donors (Lipinski definition) is 1. The highest BCUT2D eigenvalue weighted by Gasteiger charge is 2.38. The predicted octanol–water partition coefficient (Wildman–Crippen LogP) is 5.04. The summed E-state index contributed by atoms with van der Waals surface area (Å²) in [4.78, 5) is 11.7. The van der Waals surface area contributed by atoms with Crippen LogP contribution in [-0.4, -0.2) is 6.29 Å². The molecule has 0 bridgehead atoms. The van der Waals surface area contributed by atoms with Crippen LogP contribution < -0.4 is 5.32 Å². The zero-order valence-corrected chi connectivity index (χ0v) is 13.7. The Balaban J connectivity index is 2.28. The van der Waals surface area contributed by atoms with E-state index < -0.39 is 0 Å². The predicted molar refractivity (Wildman–Crippen MR) is 93.1 cm³/mol. The molecule has 0 spiro atoms. The summed E-state index contributed by atoms with van der Waals surface area (Å²) >= 11 is 0. The monoisotopic (exact) mass is 293 g/mol. The van der Waals surface area contributed by atoms with E-state index >= 15 is 0 Å². The molecule has 0 amide bonds. The second-order valence-electron chi connectivity index (χ2n) is 6.72. The average Bonchev–Trinajstić information content (AvgIpc) is 2.79. The smallest absolute Gasteiger partial charge is 0.148 e. The van der Waals surface area contributed by atoms with Crippen LogP contribution in [0.25, 0.3) is 10.8 Å². The van der Waals surface area contributed by atoms with Crippen LogP contribution in [0.4, 0.5) is 5.69 Å². The van der Waals surface area contributed by atoms with E-state index in [4.69, 9.17) is 0 Å². The van der Waals surface area contributed by atoms with Crippen molar-refractivity contribution in [2.75, 3.05) is 5.32 Å². The van der Waals surface area contributed by atoms with Gasteiger partial charge in [0.1, 0.15) is 6.29 Å². The average molecular weight is 293 g/mol. The van der Waals surface area contributed by atoms with Crippen LogP contribution in [-0.2, 0) is 10.2 Å². The third-order valence-corrected chi connectivity index (χ3v) is 5.00. The first-order chi connectivity index (χ1) is 10.5. The maximum atomic E-state index is 11.7. The number of nitrogens with one attached hydrogen (secondary N) is 1. The van der Waals surface area contributed by atoms with Crippen molar-refractivity contribution in [3.05, 3.63) is 53.2 Å². The van der Waals surface area contributed by atoms with Crippen molar-refractivity contribution in [1.29, 1.82) is 0 Å². The van der Waals surface area contributed by atoms with Gasteiger partial charge in [0.25, 0.3) is 0 Å². The Morgan fingerprint density at radius 2 is 1.95 bits per heavy atom. The van der Waals surface area contributed by atoms with Gasteiger partial charge in [-0.1, -0.05) is 58.0 Å². The Bertz CT molecular complexity index is 770. The van der Waals surface area contributed by atoms with Gasteiger partial charge in [-0.2, -0.15) is 0 Å². The van der Waals surface area contributed by atoms with Gasteiger partial charge >= 0.3 is 0 Å². The summed E-state index contributed by atoms with van der Waals surface area (Å²) in [5.74, 6) is 0.264. The highest BCUT2D eigenvalue weighted by Crippen LogP contribution is 2.48. The number of carbonyl (C=O) groups excluding carboxylic acids is 1. The minimum absolute atomic E-state index is 0.185. The Morgan fingerprint density at radius 3 is 2.64 bits per heavy atom. The summed E-state index contributed by atoms with van der Waals surface area (Å²) in [6.45, 7) is 8.66. The number of fused-ring (bicyclic) bond motifs is 3. The third kappa shape index (κ3) is 2.06. The quantitative estimate of drug-likeness (QED) is 0.634. The van der Waals surface area contributed by atoms with Gasteiger partial charge < -0.3 is 5.32 Å². The topological polar surface area (TPSA) is 29.1 Å². The van der Waals surface area contributed by atoms with Gasteiger partial charge in [0.2, 0.25) is 0 Å². The summed E-state index contributed by atoms with van der Waals surface area (Å²) in [7, 11) is 0. The molecule has 0 fully saturated rings. The molecule has 2 aromatic carbocycles. The van der Waals surface area contributed by atoms with E-state index in [0.717, 1.165) is 29.7 Å². The fraction of sp³-hybridized carbons (Fsp3) is 0.350. The Kier molecular flexibility index (Phi) is 3.56. The fourth-order valence-electron chi connectivity index (χ4n) is 3.54. The van der Waals surface area contributed by atoms with E-state index in [2.05, 4.69) is 69.4 Å². The molecule has 1 aliphatic heterocycles. The first-order valence-corrected chi connectivity index (χ1v) is 7.99. The second-order valence-corrected chi connectivity index (χ2v) is 6.72. The Hall–Kier alpha value is -2.09. The standard InChI is InChI=1S/C20H23NO/c1-5-13(2)16(12-22)19-20(3,4)18-15-9-7-6-8-14(15)10-11-17(18)21-19/h6-13,21H,5H2,1-4H3/b19-16-. The van der Waals surface area contributed by atoms with Crippen molar-refractivity contribution in [3.63, 3.8) is 0 Å². The molecule has 2 heteroatoms. The highest BCUT2D eigenvalue weighted by atomic mass is 16.1. The molecule has 1 heterocycles. The molecule has 2 aromatic rings. The van der Waals surface area contributed by atoms with Gasteiger partial charge in [-0.15, -0.1) is 0 Å². The zero-order chi connectivity index (χ0) is 15.9. The molecule has 1 unspecified atom stereocenters. The van der Waals surface area contributed by atoms with E-state index in [0.29, 0.717) is 0 Å². The van der Waals surface area contributed by atoms with Gasteiger partial charge in [-0.3, -0.25) is 4.79 Å². The largest absolute Gasteiger partial charge is 0.358 e. The Morgan fingerprint density at radius 1 is 1.23 bits per heavy atom. The number of rotatable bonds is 3. The van der Waals surface area contributed by atoms with Gasteiger partial charge in [-0.25, -0.2) is 0 Å². The van der Waals surface area contributed by atoms with E-state index in [-0.39, 0.29) is 11.3 Å². The number of aldehydes is 1. The summed E-state index contributed by atoms with van der Waals surface area (Å²) in [5, 5.41) is 6.04. The lowest BCUT2D eigenvalue weighted by Crippen LogP contribution is -2.22. The minimum Gasteiger partial charge on any atom is -0.358 e. The number of anilines is 1. The summed E-state index contributed by atoms with van der Waals surface area (Å²) < 4.78 is 0. The molecule has 0 aliphatic carbocycles. The first kappa shape index (κ1) is 14.8. The van der Waals surface area contributed by atoms with Crippen molar-refractivity contribution in [3.8, 4) is 0 Å². The van der Waals surface area contributed by atoms with Crippen LogP contribution in [0.1, 0.15) is 39.7 Å². The van der Waals surface area contributed by atoms with Crippen LogP contribution >= 0.6 is 0 Å². The number of allylic oxidation sites excluding steroid dienone is 2. The van der Waals surface area contributed by atoms with E-state index in [9.17, 15) is 4.79 Å². The number of benzene rings is 2. The summed E-state index contributed by atoms with van der Waals surface area (Å²) in [5.41, 5.74) is 4.19. The number of hydrogen-bond acceptors (Lipinski definition) is 2. The minimum atomic E-state index is -0.185. The molecule has 0 saturated carbocycles. The SMILES string of the molecule is CCC(C)/C(C=O)=C1\Nc2ccc3ccccc3c2C1(C)C. The zero-order valence-electron chi connectivity index (χ0n) is 13.7. The van der Waals surface area contributed by atoms with Crippen molar-refractivity contribution in [2.24, 2.45) is 5.92 Å². The van der Waals surface area contributed by atoms with Gasteiger partial charge in [0.15, 0.2) is 0 Å². The molecule has 0 aromatic heterocycles. The second kappa shape index (κ2) is 5.28. The van der Waals surface area contributed by atoms with E-state index in [1.54, 1.807) is 0 Å². The lowest BCUT2D eigenvalue weighted by Gasteiger charge is -2.25. The van der Waals surface area contributed by atoms with Crippen molar-refractivity contribution in [1.82, 2.24) is 0 Å². The molecule has 0 radical (unpaired) electrons. The molecule has 3 rings (SSSR count). The molecule has 2 nitrogen and oxygen atoms in total. The molecular weight excluding hydrogens is 270 g/mol. The molecule has 1 aliphatic rings. The van der Waals surface area contributed by atoms with Gasteiger partial charge in [0.05, 0.1) is 0 Å². The maximum absolute atomic E-state index is 11.7. The van der Waals surface area contributed by atoms with Crippen molar-refractivity contribution >= 4 is 22.7 Å². The van der Waals surface area contributed by atoms with Gasteiger partial charge in [-0.05, 0) is 34.7 Å². The van der Waals surface area contributed by atoms with Crippen LogP contribution in [0.2, 0.25) is 0 Å². The lowest BCUT2D eigenvalue weighted by molar-refractivity contribution is -0.105. The highest BCUT2D eigenvalue weighted by molar-refractivity contribution is 5.95. The van der Waals surface area contributed by atoms with Crippen LogP contribution in [0.15, 0.2) is 47.7 Å². The summed E-state index contributed by atoms with van der Waals surface area (Å²) in [6.07, 6.45) is 2.00. The first-order valence-electron chi connectivity index (χ1n) is 7.99. The van der Waals surface area contributed by atoms with Crippen molar-refractivity contribution < 1.29 is 4.79 Å². The molecule has 114 valence electrons. The number of carbonyl (C=O) groups is 1. The summed E-state index contributed by atoms with van der Waals surface area (Å²) in [6, 6.07) is 12.7. The Labute approximate surface area is 132 Å². The molecule has 0 saturated heterocycles. The molecule has 1 N–H and O–H groups in total. The fourth-order valence-corrected chi connectivity index (χ4v) is 3.54. The molecule has 1 atom stereocenters. The third-order valence-electron chi connectivity index (χ3n) is 5.00. The van der Waals surface area contributed by atoms with Crippen LogP contribution in [0.5, 0.6) is 0 Å². The van der Waals surface area contributed by atoms with Crippen molar-refractivity contribution in [2.45, 2.75) is 39.5 Å². The molecular formula is C20H23NO.